The summed E-state index contributed by atoms with van der Waals surface area (Å²) in [4.78, 5) is 48.7. The van der Waals surface area contributed by atoms with Crippen LogP contribution in [-0.4, -0.2) is 52.4 Å². The summed E-state index contributed by atoms with van der Waals surface area (Å²) >= 11 is 2.18. The molecule has 1 aliphatic rings. The van der Waals surface area contributed by atoms with Gasteiger partial charge in [0.25, 0.3) is 0 Å². The number of carboxylic acid groups (broad SMARTS) is 1. The summed E-state index contributed by atoms with van der Waals surface area (Å²) in [5, 5.41) is 9.23. The monoisotopic (exact) mass is 454 g/mol. The molecule has 0 aromatic heterocycles. The summed E-state index contributed by atoms with van der Waals surface area (Å²) in [7, 11) is 0. The Morgan fingerprint density at radius 2 is 1.50 bits per heavy atom. The predicted molar refractivity (Wildman–Crippen MR) is 112 cm³/mol. The van der Waals surface area contributed by atoms with E-state index in [-0.39, 0.29) is 22.5 Å². The number of carbonyl (C=O) groups is 4. The molecule has 162 valence electrons. The lowest BCUT2D eigenvalue weighted by Gasteiger charge is -2.14. The molecule has 1 aromatic carbocycles. The van der Waals surface area contributed by atoms with E-state index in [0.717, 1.165) is 23.5 Å². The van der Waals surface area contributed by atoms with Crippen LogP contribution in [0.5, 0.6) is 0 Å². The Balaban J connectivity index is 2.21. The molecule has 30 heavy (non-hydrogen) atoms. The van der Waals surface area contributed by atoms with Crippen molar-refractivity contribution < 1.29 is 38.5 Å². The van der Waals surface area contributed by atoms with Crippen LogP contribution >= 0.6 is 23.5 Å². The van der Waals surface area contributed by atoms with Gasteiger partial charge < -0.3 is 19.3 Å². The van der Waals surface area contributed by atoms with E-state index in [1.54, 1.807) is 27.7 Å². The van der Waals surface area contributed by atoms with Crippen molar-refractivity contribution in [2.45, 2.75) is 45.3 Å². The minimum atomic E-state index is -1.24. The number of thioether (sulfide) groups is 2. The zero-order chi connectivity index (χ0) is 22.4. The Morgan fingerprint density at radius 3 is 2.00 bits per heavy atom. The largest absolute Gasteiger partial charge is 0.478 e. The van der Waals surface area contributed by atoms with E-state index >= 15 is 0 Å². The molecule has 1 unspecified atom stereocenters. The lowest BCUT2D eigenvalue weighted by atomic mass is 10.1. The summed E-state index contributed by atoms with van der Waals surface area (Å²) < 4.78 is 16.0. The maximum Gasteiger partial charge on any atom is 0.347 e. The van der Waals surface area contributed by atoms with Crippen molar-refractivity contribution >= 4 is 47.4 Å². The van der Waals surface area contributed by atoms with E-state index in [9.17, 15) is 24.3 Å². The van der Waals surface area contributed by atoms with Crippen LogP contribution in [0.2, 0.25) is 0 Å². The SMILES string of the molecule is CC(C)OC(=O)C(C(=O)OC(C)C)=C1SCC(OC(=O)c2ccccc2C(=O)O)S1. The average molecular weight is 455 g/mol. The first-order chi connectivity index (χ1) is 14.1. The molecule has 1 heterocycles. The second-order valence-electron chi connectivity index (χ2n) is 6.69. The normalized spacial score (nSPS) is 15.8. The van der Waals surface area contributed by atoms with Gasteiger partial charge in [-0.3, -0.25) is 0 Å². The Kier molecular flexibility index (Phi) is 8.36. The fourth-order valence-corrected chi connectivity index (χ4v) is 4.95. The molecular weight excluding hydrogens is 432 g/mol. The van der Waals surface area contributed by atoms with Gasteiger partial charge in [0.2, 0.25) is 0 Å². The number of rotatable bonds is 7. The Bertz CT molecular complexity index is 851. The van der Waals surface area contributed by atoms with Crippen molar-refractivity contribution in [2.24, 2.45) is 0 Å². The molecule has 8 nitrogen and oxygen atoms in total. The third kappa shape index (κ3) is 6.27. The number of esters is 3. The molecular formula is C20H22O8S2. The van der Waals surface area contributed by atoms with Crippen LogP contribution < -0.4 is 0 Å². The molecule has 0 radical (unpaired) electrons. The maximum atomic E-state index is 12.5. The molecule has 1 aromatic rings. The van der Waals surface area contributed by atoms with Crippen LogP contribution in [0.3, 0.4) is 0 Å². The Labute approximate surface area is 182 Å². The van der Waals surface area contributed by atoms with E-state index in [4.69, 9.17) is 14.2 Å². The zero-order valence-electron chi connectivity index (χ0n) is 16.9. The van der Waals surface area contributed by atoms with Crippen LogP contribution in [0.25, 0.3) is 0 Å². The van der Waals surface area contributed by atoms with Gasteiger partial charge in [-0.25, -0.2) is 19.2 Å². The van der Waals surface area contributed by atoms with E-state index in [1.165, 1.54) is 24.3 Å². The topological polar surface area (TPSA) is 116 Å². The fraction of sp³-hybridized carbons (Fsp3) is 0.400. The first kappa shape index (κ1) is 23.8. The van der Waals surface area contributed by atoms with Gasteiger partial charge in [0.1, 0.15) is 0 Å². The predicted octanol–water partition coefficient (Wildman–Crippen LogP) is 3.46. The minimum Gasteiger partial charge on any atom is -0.478 e. The molecule has 0 aliphatic carbocycles. The molecule has 0 amide bonds. The maximum absolute atomic E-state index is 12.5. The van der Waals surface area contributed by atoms with Gasteiger partial charge in [0, 0.05) is 5.75 Å². The van der Waals surface area contributed by atoms with Gasteiger partial charge >= 0.3 is 23.9 Å². The average Bonchev–Trinajstić information content (AvgIpc) is 3.08. The summed E-state index contributed by atoms with van der Waals surface area (Å²) in [6.45, 7) is 6.64. The highest BCUT2D eigenvalue weighted by atomic mass is 32.2. The molecule has 0 bridgehead atoms. The lowest BCUT2D eigenvalue weighted by molar-refractivity contribution is -0.150. The Morgan fingerprint density at radius 1 is 0.967 bits per heavy atom. The van der Waals surface area contributed by atoms with Crippen LogP contribution in [0.4, 0.5) is 0 Å². The number of carboxylic acids is 1. The van der Waals surface area contributed by atoms with Gasteiger partial charge in [-0.15, -0.1) is 11.8 Å². The summed E-state index contributed by atoms with van der Waals surface area (Å²) in [6.07, 6.45) is -0.866. The molecule has 2 rings (SSSR count). The Hall–Kier alpha value is -2.46. The van der Waals surface area contributed by atoms with Crippen molar-refractivity contribution in [3.05, 3.63) is 45.2 Å². The number of carbonyl (C=O) groups excluding carboxylic acids is 3. The third-order valence-electron chi connectivity index (χ3n) is 3.50. The summed E-state index contributed by atoms with van der Waals surface area (Å²) in [5.74, 6) is -3.40. The van der Waals surface area contributed by atoms with Crippen LogP contribution in [-0.2, 0) is 23.8 Å². The number of hydrogen-bond acceptors (Lipinski definition) is 9. The van der Waals surface area contributed by atoms with Crippen LogP contribution in [0.15, 0.2) is 34.1 Å². The molecule has 1 N–H and O–H groups in total. The highest BCUT2D eigenvalue weighted by molar-refractivity contribution is 8.25. The van der Waals surface area contributed by atoms with E-state index < -0.39 is 41.5 Å². The van der Waals surface area contributed by atoms with Gasteiger partial charge in [-0.2, -0.15) is 0 Å². The van der Waals surface area contributed by atoms with Gasteiger partial charge in [-0.05, 0) is 39.8 Å². The van der Waals surface area contributed by atoms with Gasteiger partial charge in [0.05, 0.1) is 27.6 Å². The summed E-state index contributed by atoms with van der Waals surface area (Å²) in [6, 6.07) is 5.71. The van der Waals surface area contributed by atoms with E-state index in [0.29, 0.717) is 4.24 Å². The van der Waals surface area contributed by atoms with Crippen molar-refractivity contribution in [1.82, 2.24) is 0 Å². The molecule has 1 saturated heterocycles. The first-order valence-corrected chi connectivity index (χ1v) is 11.0. The molecule has 0 saturated carbocycles. The minimum absolute atomic E-state index is 0.0771. The standard InChI is InChI=1S/C20H22O8S2/c1-10(2)26-18(24)15(19(25)27-11(3)4)20-29-9-14(30-20)28-17(23)13-8-6-5-7-12(13)16(21)22/h5-8,10-11,14H,9H2,1-4H3,(H,21,22). The fourth-order valence-electron chi connectivity index (χ4n) is 2.35. The molecule has 0 spiro atoms. The van der Waals surface area contributed by atoms with Crippen LogP contribution in [0, 0.1) is 0 Å². The number of aromatic carboxylic acids is 1. The number of benzene rings is 1. The second kappa shape index (κ2) is 10.5. The highest BCUT2D eigenvalue weighted by Gasteiger charge is 2.35. The smallest absolute Gasteiger partial charge is 0.347 e. The molecule has 1 fully saturated rings. The van der Waals surface area contributed by atoms with Gasteiger partial charge in [0.15, 0.2) is 11.0 Å². The quantitative estimate of drug-likeness (QED) is 0.216. The highest BCUT2D eigenvalue weighted by Crippen LogP contribution is 2.45. The van der Waals surface area contributed by atoms with Crippen molar-refractivity contribution in [1.29, 1.82) is 0 Å². The van der Waals surface area contributed by atoms with Gasteiger partial charge in [-0.1, -0.05) is 23.9 Å². The van der Waals surface area contributed by atoms with Crippen molar-refractivity contribution in [3.63, 3.8) is 0 Å². The summed E-state index contributed by atoms with van der Waals surface area (Å²) in [5.41, 5.74) is -1.20. The van der Waals surface area contributed by atoms with Crippen molar-refractivity contribution in [2.75, 3.05) is 5.75 Å². The van der Waals surface area contributed by atoms with E-state index in [2.05, 4.69) is 0 Å². The van der Waals surface area contributed by atoms with Crippen molar-refractivity contribution in [3.8, 4) is 0 Å². The lowest BCUT2D eigenvalue weighted by Crippen LogP contribution is -2.24. The second-order valence-corrected chi connectivity index (χ2v) is 9.14. The molecule has 10 heteroatoms. The van der Waals surface area contributed by atoms with Crippen LogP contribution in [0.1, 0.15) is 48.4 Å². The third-order valence-corrected chi connectivity index (χ3v) is 6.24. The first-order valence-electron chi connectivity index (χ1n) is 9.09. The molecule has 1 aliphatic heterocycles. The van der Waals surface area contributed by atoms with E-state index in [1.807, 2.05) is 0 Å². The number of ether oxygens (including phenoxy) is 3. The number of hydrogen-bond donors (Lipinski definition) is 1. The zero-order valence-corrected chi connectivity index (χ0v) is 18.5. The molecule has 1 atom stereocenters.